The van der Waals surface area contributed by atoms with Crippen LogP contribution in [-0.2, 0) is 14.3 Å². The molecule has 21 heavy (non-hydrogen) atoms. The molecule has 4 heteroatoms. The minimum absolute atomic E-state index is 0.200. The van der Waals surface area contributed by atoms with Crippen molar-refractivity contribution in [1.82, 2.24) is 4.90 Å². The predicted octanol–water partition coefficient (Wildman–Crippen LogP) is 3.54. The highest BCUT2D eigenvalue weighted by Crippen LogP contribution is 2.29. The molecule has 0 aromatic rings. The molecule has 1 rings (SSSR count). The van der Waals surface area contributed by atoms with Gasteiger partial charge in [-0.05, 0) is 32.1 Å². The maximum absolute atomic E-state index is 12.5. The van der Waals surface area contributed by atoms with E-state index in [4.69, 9.17) is 4.74 Å². The number of esters is 1. The van der Waals surface area contributed by atoms with E-state index < -0.39 is 0 Å². The topological polar surface area (TPSA) is 46.6 Å². The van der Waals surface area contributed by atoms with Crippen molar-refractivity contribution < 1.29 is 14.3 Å². The van der Waals surface area contributed by atoms with Crippen LogP contribution in [0.2, 0.25) is 0 Å². The number of carbonyl (C=O) groups is 2. The second kappa shape index (κ2) is 9.80. The molecule has 0 aliphatic heterocycles. The number of rotatable bonds is 8. The predicted molar refractivity (Wildman–Crippen MR) is 83.9 cm³/mol. The van der Waals surface area contributed by atoms with Gasteiger partial charge >= 0.3 is 5.97 Å². The molecule has 0 heterocycles. The van der Waals surface area contributed by atoms with Gasteiger partial charge in [0.15, 0.2) is 0 Å². The largest absolute Gasteiger partial charge is 0.466 e. The van der Waals surface area contributed by atoms with Gasteiger partial charge < -0.3 is 9.64 Å². The fraction of sp³-hybridized carbons (Fsp3) is 0.882. The van der Waals surface area contributed by atoms with Gasteiger partial charge in [-0.25, -0.2) is 0 Å². The maximum atomic E-state index is 12.5. The quantitative estimate of drug-likeness (QED) is 0.644. The number of hydrogen-bond donors (Lipinski definition) is 0. The van der Waals surface area contributed by atoms with E-state index in [1.54, 1.807) is 0 Å². The molecule has 122 valence electrons. The third kappa shape index (κ3) is 6.06. The molecule has 1 aliphatic rings. The molecular formula is C17H31NO3. The maximum Gasteiger partial charge on any atom is 0.307 e. The van der Waals surface area contributed by atoms with Crippen molar-refractivity contribution in [2.45, 2.75) is 78.2 Å². The highest BCUT2D eigenvalue weighted by Gasteiger charge is 2.30. The average molecular weight is 297 g/mol. The van der Waals surface area contributed by atoms with Crippen LogP contribution in [0.5, 0.6) is 0 Å². The van der Waals surface area contributed by atoms with E-state index in [1.807, 2.05) is 11.8 Å². The Hall–Kier alpha value is -1.06. The third-order valence-corrected chi connectivity index (χ3v) is 4.39. The van der Waals surface area contributed by atoms with Crippen molar-refractivity contribution >= 4 is 11.9 Å². The molecule has 0 spiro atoms. The minimum Gasteiger partial charge on any atom is -0.466 e. The van der Waals surface area contributed by atoms with Gasteiger partial charge in [-0.3, -0.25) is 9.59 Å². The van der Waals surface area contributed by atoms with E-state index in [9.17, 15) is 9.59 Å². The molecule has 1 fully saturated rings. The fourth-order valence-electron chi connectivity index (χ4n) is 3.15. The van der Waals surface area contributed by atoms with Crippen LogP contribution >= 0.6 is 0 Å². The molecule has 2 atom stereocenters. The number of ether oxygens (including phenoxy) is 1. The molecule has 2 unspecified atom stereocenters. The van der Waals surface area contributed by atoms with Crippen LogP contribution in [0.3, 0.4) is 0 Å². The van der Waals surface area contributed by atoms with Crippen LogP contribution in [0.15, 0.2) is 0 Å². The Kier molecular flexibility index (Phi) is 8.40. The monoisotopic (exact) mass is 297 g/mol. The smallest absolute Gasteiger partial charge is 0.307 e. The van der Waals surface area contributed by atoms with Crippen molar-refractivity contribution in [3.63, 3.8) is 0 Å². The molecule has 0 radical (unpaired) electrons. The molecule has 1 amide bonds. The summed E-state index contributed by atoms with van der Waals surface area (Å²) in [5.41, 5.74) is 0. The van der Waals surface area contributed by atoms with Crippen LogP contribution in [0.4, 0.5) is 0 Å². The Labute approximate surface area is 129 Å². The Morgan fingerprint density at radius 2 is 1.86 bits per heavy atom. The number of hydrogen-bond acceptors (Lipinski definition) is 3. The lowest BCUT2D eigenvalue weighted by Crippen LogP contribution is -2.46. The van der Waals surface area contributed by atoms with E-state index in [0.29, 0.717) is 38.0 Å². The lowest BCUT2D eigenvalue weighted by atomic mass is 9.84. The summed E-state index contributed by atoms with van der Waals surface area (Å²) >= 11 is 0. The SMILES string of the molecule is CCCCC(=O)N(CCC(=O)OCC)C1CCCCC1C. The molecule has 1 saturated carbocycles. The zero-order chi connectivity index (χ0) is 15.7. The number of amides is 1. The molecular weight excluding hydrogens is 266 g/mol. The first-order valence-electron chi connectivity index (χ1n) is 8.55. The van der Waals surface area contributed by atoms with Gasteiger partial charge in [-0.1, -0.05) is 33.1 Å². The zero-order valence-electron chi connectivity index (χ0n) is 13.9. The first kappa shape index (κ1) is 18.0. The summed E-state index contributed by atoms with van der Waals surface area (Å²) in [6.45, 7) is 7.05. The van der Waals surface area contributed by atoms with Crippen molar-refractivity contribution in [2.75, 3.05) is 13.2 Å². The molecule has 0 aromatic heterocycles. The Bertz CT molecular complexity index is 330. The van der Waals surface area contributed by atoms with Crippen LogP contribution in [0.1, 0.15) is 72.1 Å². The lowest BCUT2D eigenvalue weighted by molar-refractivity contribution is -0.145. The fourth-order valence-corrected chi connectivity index (χ4v) is 3.15. The van der Waals surface area contributed by atoms with Gasteiger partial charge in [0.2, 0.25) is 5.91 Å². The second-order valence-corrected chi connectivity index (χ2v) is 6.07. The van der Waals surface area contributed by atoms with E-state index >= 15 is 0 Å². The van der Waals surface area contributed by atoms with E-state index in [0.717, 1.165) is 19.3 Å². The van der Waals surface area contributed by atoms with Gasteiger partial charge in [0.1, 0.15) is 0 Å². The summed E-state index contributed by atoms with van der Waals surface area (Å²) in [6.07, 6.45) is 7.56. The van der Waals surface area contributed by atoms with E-state index in [-0.39, 0.29) is 11.9 Å². The molecule has 4 nitrogen and oxygen atoms in total. The second-order valence-electron chi connectivity index (χ2n) is 6.07. The standard InChI is InChI=1S/C17H31NO3/c1-4-6-11-16(19)18(13-12-17(20)21-5-2)15-10-8-7-9-14(15)3/h14-15H,4-13H2,1-3H3. The van der Waals surface area contributed by atoms with Crippen molar-refractivity contribution in [2.24, 2.45) is 5.92 Å². The number of unbranched alkanes of at least 4 members (excludes halogenated alkanes) is 1. The van der Waals surface area contributed by atoms with Crippen LogP contribution in [0.25, 0.3) is 0 Å². The van der Waals surface area contributed by atoms with Gasteiger partial charge in [0.25, 0.3) is 0 Å². The number of carbonyl (C=O) groups excluding carboxylic acids is 2. The normalized spacial score (nSPS) is 21.9. The van der Waals surface area contributed by atoms with E-state index in [1.165, 1.54) is 19.3 Å². The van der Waals surface area contributed by atoms with Crippen LogP contribution in [0, 0.1) is 5.92 Å². The van der Waals surface area contributed by atoms with Crippen molar-refractivity contribution in [3.8, 4) is 0 Å². The summed E-state index contributed by atoms with van der Waals surface area (Å²) < 4.78 is 4.99. The van der Waals surface area contributed by atoms with Gasteiger partial charge in [-0.2, -0.15) is 0 Å². The molecule has 1 aliphatic carbocycles. The van der Waals surface area contributed by atoms with E-state index in [2.05, 4.69) is 13.8 Å². The first-order chi connectivity index (χ1) is 10.1. The van der Waals surface area contributed by atoms with Crippen molar-refractivity contribution in [1.29, 1.82) is 0 Å². The summed E-state index contributed by atoms with van der Waals surface area (Å²) in [5.74, 6) is 0.542. The Balaban J connectivity index is 2.64. The van der Waals surface area contributed by atoms with Crippen LogP contribution < -0.4 is 0 Å². The number of nitrogens with zero attached hydrogens (tertiary/aromatic N) is 1. The Morgan fingerprint density at radius 1 is 1.14 bits per heavy atom. The minimum atomic E-state index is -0.200. The van der Waals surface area contributed by atoms with Gasteiger partial charge in [-0.15, -0.1) is 0 Å². The molecule has 0 N–H and O–H groups in total. The molecule has 0 saturated heterocycles. The van der Waals surface area contributed by atoms with Gasteiger partial charge in [0, 0.05) is 19.0 Å². The average Bonchev–Trinajstić information content (AvgIpc) is 2.47. The first-order valence-corrected chi connectivity index (χ1v) is 8.55. The summed E-state index contributed by atoms with van der Waals surface area (Å²) in [7, 11) is 0. The van der Waals surface area contributed by atoms with Crippen LogP contribution in [-0.4, -0.2) is 36.0 Å². The summed E-state index contributed by atoms with van der Waals surface area (Å²) in [5, 5.41) is 0. The zero-order valence-corrected chi connectivity index (χ0v) is 13.9. The molecule has 0 aromatic carbocycles. The third-order valence-electron chi connectivity index (χ3n) is 4.39. The van der Waals surface area contributed by atoms with Gasteiger partial charge in [0.05, 0.1) is 13.0 Å². The van der Waals surface area contributed by atoms with Crippen molar-refractivity contribution in [3.05, 3.63) is 0 Å². The summed E-state index contributed by atoms with van der Waals surface area (Å²) in [6, 6.07) is 0.303. The highest BCUT2D eigenvalue weighted by atomic mass is 16.5. The lowest BCUT2D eigenvalue weighted by Gasteiger charge is -2.38. The Morgan fingerprint density at radius 3 is 2.48 bits per heavy atom. The highest BCUT2D eigenvalue weighted by molar-refractivity contribution is 5.77. The summed E-state index contributed by atoms with van der Waals surface area (Å²) in [4.78, 5) is 26.0. The molecule has 0 bridgehead atoms.